The van der Waals surface area contributed by atoms with Crippen LogP contribution < -0.4 is 0 Å². The number of aromatic nitrogens is 1. The van der Waals surface area contributed by atoms with Gasteiger partial charge in [-0.2, -0.15) is 0 Å². The van der Waals surface area contributed by atoms with Crippen molar-refractivity contribution in [3.8, 4) is 0 Å². The van der Waals surface area contributed by atoms with Gasteiger partial charge in [-0.1, -0.05) is 6.42 Å². The zero-order valence-corrected chi connectivity index (χ0v) is 11.7. The summed E-state index contributed by atoms with van der Waals surface area (Å²) in [7, 11) is 0. The van der Waals surface area contributed by atoms with Crippen LogP contribution in [-0.4, -0.2) is 39.0 Å². The molecule has 1 aliphatic heterocycles. The normalized spacial score (nSPS) is 28.6. The van der Waals surface area contributed by atoms with Gasteiger partial charge in [-0.15, -0.1) is 0 Å². The highest BCUT2D eigenvalue weighted by Gasteiger charge is 2.49. The van der Waals surface area contributed by atoms with Gasteiger partial charge in [0.25, 0.3) is 5.91 Å². The van der Waals surface area contributed by atoms with Crippen molar-refractivity contribution < 1.29 is 14.7 Å². The third kappa shape index (κ3) is 1.92. The molecule has 5 nitrogen and oxygen atoms in total. The Morgan fingerprint density at radius 2 is 2.20 bits per heavy atom. The highest BCUT2D eigenvalue weighted by Crippen LogP contribution is 2.42. The van der Waals surface area contributed by atoms with E-state index in [0.29, 0.717) is 24.7 Å². The molecule has 3 rings (SSSR count). The average Bonchev–Trinajstić information content (AvgIpc) is 3.11. The number of carbonyl (C=O) groups is 2. The summed E-state index contributed by atoms with van der Waals surface area (Å²) in [6.45, 7) is 3.28. The molecule has 2 fully saturated rings. The standard InChI is InChI=1S/C15H20N2O3/c1-2-16-8-4-7-12(16)14(18)17-9-10-5-3-6-11(10)13(17)15(19)20/h4,7-8,10-11,13H,2-3,5-6,9H2,1H3,(H,19,20). The summed E-state index contributed by atoms with van der Waals surface area (Å²) in [6, 6.07) is 2.97. The second-order valence-electron chi connectivity index (χ2n) is 5.77. The van der Waals surface area contributed by atoms with Crippen LogP contribution in [0.2, 0.25) is 0 Å². The maximum absolute atomic E-state index is 12.7. The number of fused-ring (bicyclic) bond motifs is 1. The predicted molar refractivity (Wildman–Crippen MR) is 73.4 cm³/mol. The Bertz CT molecular complexity index is 537. The molecular formula is C15H20N2O3. The number of aryl methyl sites for hydroxylation is 1. The predicted octanol–water partition coefficient (Wildman–Crippen LogP) is 1.83. The van der Waals surface area contributed by atoms with Crippen molar-refractivity contribution >= 4 is 11.9 Å². The van der Waals surface area contributed by atoms with Crippen molar-refractivity contribution in [2.45, 2.75) is 38.8 Å². The molecule has 1 amide bonds. The summed E-state index contributed by atoms with van der Waals surface area (Å²) in [5, 5.41) is 9.50. The number of aliphatic carboxylic acids is 1. The molecule has 108 valence electrons. The summed E-state index contributed by atoms with van der Waals surface area (Å²) in [4.78, 5) is 25.8. The monoisotopic (exact) mass is 276 g/mol. The summed E-state index contributed by atoms with van der Waals surface area (Å²) in [6.07, 6.45) is 4.93. The third-order valence-electron chi connectivity index (χ3n) is 4.79. The molecule has 1 N–H and O–H groups in total. The van der Waals surface area contributed by atoms with Crippen LogP contribution in [0.3, 0.4) is 0 Å². The van der Waals surface area contributed by atoms with Crippen LogP contribution in [0.15, 0.2) is 18.3 Å². The van der Waals surface area contributed by atoms with Gasteiger partial charge < -0.3 is 14.6 Å². The van der Waals surface area contributed by atoms with E-state index in [1.165, 1.54) is 0 Å². The zero-order chi connectivity index (χ0) is 14.3. The Hall–Kier alpha value is -1.78. The van der Waals surface area contributed by atoms with E-state index in [4.69, 9.17) is 0 Å². The summed E-state index contributed by atoms with van der Waals surface area (Å²) in [5.74, 6) is -0.493. The number of carboxylic acids is 1. The van der Waals surface area contributed by atoms with Crippen molar-refractivity contribution in [1.82, 2.24) is 9.47 Å². The lowest BCUT2D eigenvalue weighted by Gasteiger charge is -2.24. The molecule has 5 heteroatoms. The van der Waals surface area contributed by atoms with Crippen molar-refractivity contribution in [1.29, 1.82) is 0 Å². The largest absolute Gasteiger partial charge is 0.480 e. The fourth-order valence-electron chi connectivity index (χ4n) is 3.86. The van der Waals surface area contributed by atoms with E-state index in [1.54, 1.807) is 11.0 Å². The molecule has 1 aromatic heterocycles. The minimum atomic E-state index is -0.859. The molecule has 0 bridgehead atoms. The first-order valence-electron chi connectivity index (χ1n) is 7.32. The summed E-state index contributed by atoms with van der Waals surface area (Å²) in [5.41, 5.74) is 0.596. The van der Waals surface area contributed by atoms with E-state index in [2.05, 4.69) is 0 Å². The fraction of sp³-hybridized carbons (Fsp3) is 0.600. The first-order chi connectivity index (χ1) is 9.63. The Kier molecular flexibility index (Phi) is 3.28. The number of carboxylic acid groups (broad SMARTS) is 1. The van der Waals surface area contributed by atoms with Crippen LogP contribution in [0.5, 0.6) is 0 Å². The Balaban J connectivity index is 1.89. The molecule has 3 atom stereocenters. The third-order valence-corrected chi connectivity index (χ3v) is 4.79. The minimum Gasteiger partial charge on any atom is -0.480 e. The van der Waals surface area contributed by atoms with Gasteiger partial charge in [0.15, 0.2) is 0 Å². The highest BCUT2D eigenvalue weighted by atomic mass is 16.4. The Labute approximate surface area is 118 Å². The molecule has 3 unspecified atom stereocenters. The number of hydrogen-bond donors (Lipinski definition) is 1. The van der Waals surface area contributed by atoms with Gasteiger partial charge in [0.1, 0.15) is 11.7 Å². The molecule has 0 spiro atoms. The van der Waals surface area contributed by atoms with Crippen molar-refractivity contribution in [2.24, 2.45) is 11.8 Å². The molecule has 0 aromatic carbocycles. The van der Waals surface area contributed by atoms with E-state index < -0.39 is 12.0 Å². The summed E-state index contributed by atoms with van der Waals surface area (Å²) >= 11 is 0. The number of carbonyl (C=O) groups excluding carboxylic acids is 1. The van der Waals surface area contributed by atoms with E-state index in [9.17, 15) is 14.7 Å². The molecule has 1 aliphatic carbocycles. The lowest BCUT2D eigenvalue weighted by Crippen LogP contribution is -2.43. The number of nitrogens with zero attached hydrogens (tertiary/aromatic N) is 2. The maximum atomic E-state index is 12.7. The molecular weight excluding hydrogens is 256 g/mol. The maximum Gasteiger partial charge on any atom is 0.326 e. The van der Waals surface area contributed by atoms with Crippen LogP contribution in [0.25, 0.3) is 0 Å². The molecule has 0 radical (unpaired) electrons. The number of hydrogen-bond acceptors (Lipinski definition) is 2. The second-order valence-corrected chi connectivity index (χ2v) is 5.77. The van der Waals surface area contributed by atoms with Crippen molar-refractivity contribution in [2.75, 3.05) is 6.54 Å². The lowest BCUT2D eigenvalue weighted by molar-refractivity contribution is -0.142. The van der Waals surface area contributed by atoms with Gasteiger partial charge in [-0.05, 0) is 43.7 Å². The van der Waals surface area contributed by atoms with E-state index in [0.717, 1.165) is 19.3 Å². The molecule has 1 aromatic rings. The fourth-order valence-corrected chi connectivity index (χ4v) is 3.86. The van der Waals surface area contributed by atoms with Gasteiger partial charge in [-0.3, -0.25) is 4.79 Å². The topological polar surface area (TPSA) is 62.5 Å². The molecule has 20 heavy (non-hydrogen) atoms. The minimum absolute atomic E-state index is 0.140. The smallest absolute Gasteiger partial charge is 0.326 e. The van der Waals surface area contributed by atoms with Crippen molar-refractivity contribution in [3.05, 3.63) is 24.0 Å². The Morgan fingerprint density at radius 3 is 2.90 bits per heavy atom. The molecule has 1 saturated heterocycles. The number of amides is 1. The van der Waals surface area contributed by atoms with E-state index >= 15 is 0 Å². The SMILES string of the molecule is CCn1cccc1C(=O)N1CC2CCCC2C1C(=O)O. The first-order valence-corrected chi connectivity index (χ1v) is 7.32. The molecule has 1 saturated carbocycles. The average molecular weight is 276 g/mol. The number of rotatable bonds is 3. The van der Waals surface area contributed by atoms with Crippen LogP contribution in [0.1, 0.15) is 36.7 Å². The van der Waals surface area contributed by atoms with E-state index in [-0.39, 0.29) is 11.8 Å². The quantitative estimate of drug-likeness (QED) is 0.916. The van der Waals surface area contributed by atoms with Crippen LogP contribution >= 0.6 is 0 Å². The van der Waals surface area contributed by atoms with Crippen LogP contribution in [0, 0.1) is 11.8 Å². The Morgan fingerprint density at radius 1 is 1.40 bits per heavy atom. The van der Waals surface area contributed by atoms with Crippen molar-refractivity contribution in [3.63, 3.8) is 0 Å². The molecule has 2 heterocycles. The van der Waals surface area contributed by atoms with Gasteiger partial charge >= 0.3 is 5.97 Å². The number of likely N-dealkylation sites (tertiary alicyclic amines) is 1. The van der Waals surface area contributed by atoms with Gasteiger partial charge in [-0.25, -0.2) is 4.79 Å². The second kappa shape index (κ2) is 4.96. The lowest BCUT2D eigenvalue weighted by atomic mass is 9.94. The summed E-state index contributed by atoms with van der Waals surface area (Å²) < 4.78 is 1.87. The molecule has 2 aliphatic rings. The van der Waals surface area contributed by atoms with Gasteiger partial charge in [0.2, 0.25) is 0 Å². The first kappa shape index (κ1) is 13.2. The van der Waals surface area contributed by atoms with Gasteiger partial charge in [0, 0.05) is 19.3 Å². The van der Waals surface area contributed by atoms with Crippen LogP contribution in [0.4, 0.5) is 0 Å². The van der Waals surface area contributed by atoms with Crippen LogP contribution in [-0.2, 0) is 11.3 Å². The van der Waals surface area contributed by atoms with Gasteiger partial charge in [0.05, 0.1) is 0 Å². The highest BCUT2D eigenvalue weighted by molar-refractivity contribution is 5.96. The zero-order valence-electron chi connectivity index (χ0n) is 11.7. The van der Waals surface area contributed by atoms with E-state index in [1.807, 2.05) is 23.8 Å².